The van der Waals surface area contributed by atoms with Crippen LogP contribution in [0.15, 0.2) is 29.7 Å². The Balaban J connectivity index is 1.63. The summed E-state index contributed by atoms with van der Waals surface area (Å²) in [5, 5.41) is 6.02. The Morgan fingerprint density at radius 2 is 2.50 bits per heavy atom. The van der Waals surface area contributed by atoms with Crippen LogP contribution in [0.3, 0.4) is 0 Å². The molecule has 1 saturated carbocycles. The molecule has 0 radical (unpaired) electrons. The van der Waals surface area contributed by atoms with Gasteiger partial charge in [-0.25, -0.2) is 0 Å². The third-order valence-corrected chi connectivity index (χ3v) is 5.06. The molecule has 1 fully saturated rings. The fourth-order valence-corrected chi connectivity index (χ4v) is 3.93. The van der Waals surface area contributed by atoms with Gasteiger partial charge in [-0.2, -0.15) is 0 Å². The minimum Gasteiger partial charge on any atom is -0.306 e. The average Bonchev–Trinajstić information content (AvgIpc) is 2.89. The minimum absolute atomic E-state index is 0.569. The van der Waals surface area contributed by atoms with E-state index in [1.165, 1.54) is 24.1 Å². The van der Waals surface area contributed by atoms with Crippen molar-refractivity contribution in [3.8, 4) is 0 Å². The lowest BCUT2D eigenvalue weighted by Crippen LogP contribution is -2.49. The first-order valence-corrected chi connectivity index (χ1v) is 7.22. The lowest BCUT2D eigenvalue weighted by Gasteiger charge is -2.42. The van der Waals surface area contributed by atoms with E-state index in [0.717, 1.165) is 17.9 Å². The summed E-state index contributed by atoms with van der Waals surface area (Å²) >= 11 is 1.88. The third kappa shape index (κ3) is 1.74. The Morgan fingerprint density at radius 3 is 3.19 bits per heavy atom. The highest BCUT2D eigenvalue weighted by atomic mass is 32.1. The third-order valence-electron chi connectivity index (χ3n) is 4.07. The zero-order valence-electron chi connectivity index (χ0n) is 9.73. The van der Waals surface area contributed by atoms with Gasteiger partial charge in [-0.3, -0.25) is 0 Å². The van der Waals surface area contributed by atoms with Gasteiger partial charge in [0.1, 0.15) is 0 Å². The van der Waals surface area contributed by atoms with Crippen molar-refractivity contribution in [2.24, 2.45) is 11.8 Å². The number of nitrogens with one attached hydrogen (secondary N) is 1. The predicted molar refractivity (Wildman–Crippen MR) is 69.6 cm³/mol. The summed E-state index contributed by atoms with van der Waals surface area (Å²) in [4.78, 5) is 1.49. The number of fused-ring (bicyclic) bond motifs is 1. The molecule has 1 N–H and O–H groups in total. The zero-order chi connectivity index (χ0) is 11.0. The van der Waals surface area contributed by atoms with E-state index in [-0.39, 0.29) is 0 Å². The maximum Gasteiger partial charge on any atom is 0.0414 e. The number of allylic oxidation sites excluding steroid dienone is 1. The van der Waals surface area contributed by atoms with E-state index in [1.807, 2.05) is 11.3 Å². The van der Waals surface area contributed by atoms with Crippen molar-refractivity contribution in [3.63, 3.8) is 0 Å². The van der Waals surface area contributed by atoms with Gasteiger partial charge in [-0.1, -0.05) is 25.1 Å². The molecule has 86 valence electrons. The van der Waals surface area contributed by atoms with Crippen LogP contribution in [0.5, 0.6) is 0 Å². The van der Waals surface area contributed by atoms with Crippen LogP contribution in [0.25, 0.3) is 0 Å². The van der Waals surface area contributed by atoms with Crippen LogP contribution in [0.2, 0.25) is 0 Å². The van der Waals surface area contributed by atoms with Gasteiger partial charge in [0, 0.05) is 17.0 Å². The van der Waals surface area contributed by atoms with Crippen molar-refractivity contribution < 1.29 is 0 Å². The molecule has 1 nitrogen and oxygen atoms in total. The monoisotopic (exact) mass is 233 g/mol. The van der Waals surface area contributed by atoms with E-state index < -0.39 is 0 Å². The van der Waals surface area contributed by atoms with Crippen molar-refractivity contribution in [3.05, 3.63) is 34.5 Å². The van der Waals surface area contributed by atoms with Crippen LogP contribution in [0.4, 0.5) is 0 Å². The van der Waals surface area contributed by atoms with Crippen LogP contribution in [-0.4, -0.2) is 6.04 Å². The van der Waals surface area contributed by atoms with Crippen LogP contribution in [-0.2, 0) is 0 Å². The van der Waals surface area contributed by atoms with Gasteiger partial charge in [0.15, 0.2) is 0 Å². The van der Waals surface area contributed by atoms with Crippen molar-refractivity contribution in [1.82, 2.24) is 5.32 Å². The first-order valence-electron chi connectivity index (χ1n) is 6.34. The standard InChI is InChI=1S/C14H19NS/c1-2-12(14-7-4-8-16-14)15-13-9-10-5-3-6-11(10)13/h3-4,6-8,10-13,15H,2,5,9H2,1H3. The van der Waals surface area contributed by atoms with Crippen LogP contribution in [0.1, 0.15) is 37.1 Å². The predicted octanol–water partition coefficient (Wildman–Crippen LogP) is 3.75. The van der Waals surface area contributed by atoms with E-state index in [9.17, 15) is 0 Å². The fourth-order valence-electron chi connectivity index (χ4n) is 3.06. The number of hydrogen-bond donors (Lipinski definition) is 1. The van der Waals surface area contributed by atoms with E-state index in [2.05, 4.69) is 41.9 Å². The smallest absolute Gasteiger partial charge is 0.0414 e. The molecule has 4 atom stereocenters. The summed E-state index contributed by atoms with van der Waals surface area (Å²) in [6.45, 7) is 2.28. The average molecular weight is 233 g/mol. The normalized spacial score (nSPS) is 33.4. The topological polar surface area (TPSA) is 12.0 Å². The first-order chi connectivity index (χ1) is 7.88. The molecule has 0 bridgehead atoms. The van der Waals surface area contributed by atoms with E-state index in [1.54, 1.807) is 0 Å². The molecule has 0 saturated heterocycles. The number of hydrogen-bond acceptors (Lipinski definition) is 2. The fraction of sp³-hybridized carbons (Fsp3) is 0.571. The highest BCUT2D eigenvalue weighted by Crippen LogP contribution is 2.43. The summed E-state index contributed by atoms with van der Waals surface area (Å²) in [6, 6.07) is 5.71. The Bertz CT molecular complexity index is 368. The Kier molecular flexibility index (Phi) is 2.86. The quantitative estimate of drug-likeness (QED) is 0.781. The molecule has 1 aromatic heterocycles. The number of thiophene rings is 1. The summed E-state index contributed by atoms with van der Waals surface area (Å²) in [6.07, 6.45) is 8.67. The molecular formula is C14H19NS. The summed E-state index contributed by atoms with van der Waals surface area (Å²) in [5.41, 5.74) is 0. The van der Waals surface area contributed by atoms with Crippen molar-refractivity contribution in [2.45, 2.75) is 38.3 Å². The second-order valence-corrected chi connectivity index (χ2v) is 5.97. The Hall–Kier alpha value is -0.600. The SMILES string of the molecule is CCC(NC1CC2CC=CC21)c1cccs1. The van der Waals surface area contributed by atoms with Gasteiger partial charge in [0.05, 0.1) is 0 Å². The summed E-state index contributed by atoms with van der Waals surface area (Å²) in [5.74, 6) is 1.78. The molecule has 0 spiro atoms. The molecule has 0 amide bonds. The molecule has 2 aliphatic carbocycles. The molecular weight excluding hydrogens is 214 g/mol. The first kappa shape index (κ1) is 10.5. The van der Waals surface area contributed by atoms with Crippen LogP contribution >= 0.6 is 11.3 Å². The summed E-state index contributed by atoms with van der Waals surface area (Å²) in [7, 11) is 0. The molecule has 2 heteroatoms. The molecule has 4 unspecified atom stereocenters. The number of rotatable bonds is 4. The van der Waals surface area contributed by atoms with Gasteiger partial charge >= 0.3 is 0 Å². The van der Waals surface area contributed by atoms with E-state index in [0.29, 0.717) is 6.04 Å². The minimum atomic E-state index is 0.569. The Morgan fingerprint density at radius 1 is 1.56 bits per heavy atom. The van der Waals surface area contributed by atoms with E-state index in [4.69, 9.17) is 0 Å². The van der Waals surface area contributed by atoms with Crippen molar-refractivity contribution in [1.29, 1.82) is 0 Å². The lowest BCUT2D eigenvalue weighted by atomic mass is 9.71. The highest BCUT2D eigenvalue weighted by molar-refractivity contribution is 7.10. The van der Waals surface area contributed by atoms with Gasteiger partial charge < -0.3 is 5.32 Å². The van der Waals surface area contributed by atoms with Crippen molar-refractivity contribution >= 4 is 11.3 Å². The maximum absolute atomic E-state index is 3.84. The molecule has 3 rings (SSSR count). The molecule has 0 aliphatic heterocycles. The molecule has 1 aromatic rings. The van der Waals surface area contributed by atoms with Crippen LogP contribution < -0.4 is 5.32 Å². The summed E-state index contributed by atoms with van der Waals surface area (Å²) < 4.78 is 0. The molecule has 1 heterocycles. The second kappa shape index (κ2) is 4.34. The lowest BCUT2D eigenvalue weighted by molar-refractivity contribution is 0.149. The van der Waals surface area contributed by atoms with Gasteiger partial charge in [0.25, 0.3) is 0 Å². The highest BCUT2D eigenvalue weighted by Gasteiger charge is 2.41. The molecule has 0 aromatic carbocycles. The van der Waals surface area contributed by atoms with Gasteiger partial charge in [-0.05, 0) is 42.5 Å². The van der Waals surface area contributed by atoms with Crippen LogP contribution in [0, 0.1) is 11.8 Å². The molecule has 2 aliphatic rings. The van der Waals surface area contributed by atoms with E-state index >= 15 is 0 Å². The Labute approximate surface area is 102 Å². The zero-order valence-corrected chi connectivity index (χ0v) is 10.5. The van der Waals surface area contributed by atoms with Gasteiger partial charge in [-0.15, -0.1) is 11.3 Å². The van der Waals surface area contributed by atoms with Crippen molar-refractivity contribution in [2.75, 3.05) is 0 Å². The molecule has 16 heavy (non-hydrogen) atoms. The second-order valence-electron chi connectivity index (χ2n) is 4.99. The largest absolute Gasteiger partial charge is 0.306 e. The van der Waals surface area contributed by atoms with Gasteiger partial charge in [0.2, 0.25) is 0 Å². The maximum atomic E-state index is 3.84.